The zero-order chi connectivity index (χ0) is 20.9. The Morgan fingerprint density at radius 1 is 1.17 bits per heavy atom. The number of nitrogens with one attached hydrogen (secondary N) is 1. The number of rotatable bonds is 5. The van der Waals surface area contributed by atoms with E-state index in [0.29, 0.717) is 23.1 Å². The van der Waals surface area contributed by atoms with Crippen LogP contribution in [0.25, 0.3) is 11.3 Å². The number of hydrogen-bond acceptors (Lipinski definition) is 5. The summed E-state index contributed by atoms with van der Waals surface area (Å²) in [6.07, 6.45) is 0.881. The number of thiazole rings is 1. The van der Waals surface area contributed by atoms with Crippen molar-refractivity contribution in [3.8, 4) is 11.3 Å². The summed E-state index contributed by atoms with van der Waals surface area (Å²) in [5.41, 5.74) is 2.59. The van der Waals surface area contributed by atoms with Crippen LogP contribution in [0, 0.1) is 0 Å². The molecule has 0 radical (unpaired) electrons. The summed E-state index contributed by atoms with van der Waals surface area (Å²) in [4.78, 5) is 31.3. The highest BCUT2D eigenvalue weighted by Crippen LogP contribution is 2.27. The minimum atomic E-state index is -0.559. The molecule has 1 atom stereocenters. The summed E-state index contributed by atoms with van der Waals surface area (Å²) in [5, 5.41) is 5.86. The zero-order valence-electron chi connectivity index (χ0n) is 16.1. The van der Waals surface area contributed by atoms with Crippen molar-refractivity contribution in [2.45, 2.75) is 25.5 Å². The molecule has 0 unspecified atom stereocenters. The van der Waals surface area contributed by atoms with Crippen LogP contribution in [0.3, 0.4) is 0 Å². The second kappa shape index (κ2) is 9.28. The summed E-state index contributed by atoms with van der Waals surface area (Å²) in [7, 11) is 0. The van der Waals surface area contributed by atoms with Crippen LogP contribution in [0.1, 0.15) is 18.4 Å². The number of benzene rings is 2. The Morgan fingerprint density at radius 3 is 2.70 bits per heavy atom. The molecule has 1 aromatic heterocycles. The fourth-order valence-electron chi connectivity index (χ4n) is 3.33. The first-order chi connectivity index (χ1) is 14.6. The molecule has 2 aromatic carbocycles. The van der Waals surface area contributed by atoms with E-state index < -0.39 is 12.1 Å². The average molecular weight is 442 g/mol. The Bertz CT molecular complexity index is 1020. The first-order valence-electron chi connectivity index (χ1n) is 9.60. The van der Waals surface area contributed by atoms with Crippen LogP contribution in [0.15, 0.2) is 60.0 Å². The Morgan fingerprint density at radius 2 is 1.93 bits per heavy atom. The second-order valence-electron chi connectivity index (χ2n) is 6.93. The molecule has 1 aliphatic heterocycles. The molecule has 1 aliphatic rings. The molecule has 1 saturated heterocycles. The lowest BCUT2D eigenvalue weighted by Gasteiger charge is -2.22. The first-order valence-corrected chi connectivity index (χ1v) is 10.9. The predicted molar refractivity (Wildman–Crippen MR) is 118 cm³/mol. The van der Waals surface area contributed by atoms with E-state index in [1.165, 1.54) is 16.2 Å². The standard InChI is InChI=1S/C22H20ClN3O3S/c23-17-10-8-16(9-11-17)18-14-30-21(24-18)25-20(27)19-7-4-12-26(19)22(28)29-13-15-5-2-1-3-6-15/h1-3,5-6,8-11,14,19H,4,7,12-13H2,(H,24,25,27)/t19-/m1/s1. The number of ether oxygens (including phenoxy) is 1. The van der Waals surface area contributed by atoms with Crippen LogP contribution >= 0.6 is 22.9 Å². The molecule has 154 valence electrons. The highest BCUT2D eigenvalue weighted by Gasteiger charge is 2.35. The van der Waals surface area contributed by atoms with Gasteiger partial charge in [0, 0.05) is 22.5 Å². The van der Waals surface area contributed by atoms with Gasteiger partial charge in [0.15, 0.2) is 5.13 Å². The van der Waals surface area contributed by atoms with Gasteiger partial charge >= 0.3 is 6.09 Å². The maximum Gasteiger partial charge on any atom is 0.410 e. The van der Waals surface area contributed by atoms with Gasteiger partial charge in [-0.15, -0.1) is 11.3 Å². The number of amides is 2. The summed E-state index contributed by atoms with van der Waals surface area (Å²) in [6.45, 7) is 0.682. The zero-order valence-corrected chi connectivity index (χ0v) is 17.7. The van der Waals surface area contributed by atoms with E-state index in [1.807, 2.05) is 47.8 Å². The number of anilines is 1. The SMILES string of the molecule is O=C(Nc1nc(-c2ccc(Cl)cc2)cs1)[C@H]1CCCN1C(=O)OCc1ccccc1. The lowest BCUT2D eigenvalue weighted by molar-refractivity contribution is -0.120. The molecule has 0 bridgehead atoms. The summed E-state index contributed by atoms with van der Waals surface area (Å²) >= 11 is 7.27. The van der Waals surface area contributed by atoms with Gasteiger partial charge in [0.2, 0.25) is 5.91 Å². The maximum atomic E-state index is 12.8. The van der Waals surface area contributed by atoms with Crippen LogP contribution in [-0.2, 0) is 16.1 Å². The third-order valence-electron chi connectivity index (χ3n) is 4.87. The highest BCUT2D eigenvalue weighted by atomic mass is 35.5. The van der Waals surface area contributed by atoms with Crippen molar-refractivity contribution >= 4 is 40.1 Å². The first kappa shape index (κ1) is 20.4. The van der Waals surface area contributed by atoms with Crippen LogP contribution in [0.5, 0.6) is 0 Å². The number of nitrogens with zero attached hydrogens (tertiary/aromatic N) is 2. The van der Waals surface area contributed by atoms with Gasteiger partial charge in [-0.1, -0.05) is 54.1 Å². The second-order valence-corrected chi connectivity index (χ2v) is 8.22. The van der Waals surface area contributed by atoms with Crippen molar-refractivity contribution in [2.24, 2.45) is 0 Å². The summed E-state index contributed by atoms with van der Waals surface area (Å²) in [5.74, 6) is -0.249. The molecule has 1 N–H and O–H groups in total. The highest BCUT2D eigenvalue weighted by molar-refractivity contribution is 7.14. The molecular weight excluding hydrogens is 422 g/mol. The van der Waals surface area contributed by atoms with Crippen molar-refractivity contribution in [1.29, 1.82) is 0 Å². The van der Waals surface area contributed by atoms with E-state index in [-0.39, 0.29) is 12.5 Å². The summed E-state index contributed by atoms with van der Waals surface area (Å²) < 4.78 is 5.40. The fraction of sp³-hybridized carbons (Fsp3) is 0.227. The lowest BCUT2D eigenvalue weighted by atomic mass is 10.2. The average Bonchev–Trinajstić information content (AvgIpc) is 3.43. The molecule has 8 heteroatoms. The molecule has 0 aliphatic carbocycles. The molecule has 3 aromatic rings. The predicted octanol–water partition coefficient (Wildman–Crippen LogP) is 5.20. The topological polar surface area (TPSA) is 71.5 Å². The van der Waals surface area contributed by atoms with Gasteiger partial charge in [-0.25, -0.2) is 9.78 Å². The van der Waals surface area contributed by atoms with Gasteiger partial charge in [-0.05, 0) is 30.5 Å². The number of carbonyl (C=O) groups is 2. The third kappa shape index (κ3) is 4.80. The van der Waals surface area contributed by atoms with E-state index in [0.717, 1.165) is 23.2 Å². The molecular formula is C22H20ClN3O3S. The Labute approximate surface area is 183 Å². The smallest absolute Gasteiger partial charge is 0.410 e. The van der Waals surface area contributed by atoms with Crippen molar-refractivity contribution in [3.05, 3.63) is 70.6 Å². The minimum absolute atomic E-state index is 0.182. The molecule has 4 rings (SSSR count). The number of hydrogen-bond donors (Lipinski definition) is 1. The van der Waals surface area contributed by atoms with Gasteiger partial charge in [0.25, 0.3) is 0 Å². The van der Waals surface area contributed by atoms with Crippen LogP contribution in [0.4, 0.5) is 9.93 Å². The van der Waals surface area contributed by atoms with Gasteiger partial charge < -0.3 is 10.1 Å². The van der Waals surface area contributed by atoms with Gasteiger partial charge in [0.1, 0.15) is 12.6 Å². The van der Waals surface area contributed by atoms with Gasteiger partial charge in [0.05, 0.1) is 5.69 Å². The van der Waals surface area contributed by atoms with Crippen LogP contribution in [-0.4, -0.2) is 34.5 Å². The monoisotopic (exact) mass is 441 g/mol. The number of aromatic nitrogens is 1. The fourth-order valence-corrected chi connectivity index (χ4v) is 4.18. The number of carbonyl (C=O) groups excluding carboxylic acids is 2. The van der Waals surface area contributed by atoms with Crippen molar-refractivity contribution in [1.82, 2.24) is 9.88 Å². The van der Waals surface area contributed by atoms with E-state index in [9.17, 15) is 9.59 Å². The quantitative estimate of drug-likeness (QED) is 0.590. The van der Waals surface area contributed by atoms with Crippen LogP contribution < -0.4 is 5.32 Å². The van der Waals surface area contributed by atoms with E-state index >= 15 is 0 Å². The van der Waals surface area contributed by atoms with Crippen molar-refractivity contribution < 1.29 is 14.3 Å². The third-order valence-corrected chi connectivity index (χ3v) is 5.88. The molecule has 0 spiro atoms. The van der Waals surface area contributed by atoms with E-state index in [4.69, 9.17) is 16.3 Å². The van der Waals surface area contributed by atoms with Gasteiger partial charge in [-0.2, -0.15) is 0 Å². The Hall–Kier alpha value is -2.90. The lowest BCUT2D eigenvalue weighted by Crippen LogP contribution is -2.43. The van der Waals surface area contributed by atoms with Gasteiger partial charge in [-0.3, -0.25) is 9.69 Å². The minimum Gasteiger partial charge on any atom is -0.445 e. The molecule has 30 heavy (non-hydrogen) atoms. The molecule has 6 nitrogen and oxygen atoms in total. The largest absolute Gasteiger partial charge is 0.445 e. The Kier molecular flexibility index (Phi) is 6.30. The van der Waals surface area contributed by atoms with Crippen molar-refractivity contribution in [2.75, 3.05) is 11.9 Å². The molecule has 2 heterocycles. The number of halogens is 1. The van der Waals surface area contributed by atoms with Crippen molar-refractivity contribution in [3.63, 3.8) is 0 Å². The molecule has 1 fully saturated rings. The normalized spacial score (nSPS) is 15.8. The van der Waals surface area contributed by atoms with E-state index in [1.54, 1.807) is 12.1 Å². The van der Waals surface area contributed by atoms with E-state index in [2.05, 4.69) is 10.3 Å². The summed E-state index contributed by atoms with van der Waals surface area (Å²) in [6, 6.07) is 16.3. The molecule has 0 saturated carbocycles. The maximum absolute atomic E-state index is 12.8. The molecule has 2 amide bonds. The Balaban J connectivity index is 1.36. The van der Waals surface area contributed by atoms with Crippen LogP contribution in [0.2, 0.25) is 5.02 Å². The number of likely N-dealkylation sites (tertiary alicyclic amines) is 1.